The second-order valence-corrected chi connectivity index (χ2v) is 11.3. The molecule has 1 saturated carbocycles. The summed E-state index contributed by atoms with van der Waals surface area (Å²) in [4.78, 5) is 12.3. The molecule has 0 bridgehead atoms. The lowest BCUT2D eigenvalue weighted by atomic mass is 10.1. The zero-order chi connectivity index (χ0) is 26.0. The van der Waals surface area contributed by atoms with Gasteiger partial charge in [0.2, 0.25) is 10.0 Å². The van der Waals surface area contributed by atoms with Crippen molar-refractivity contribution in [3.8, 4) is 11.1 Å². The topological polar surface area (TPSA) is 95.5 Å². The van der Waals surface area contributed by atoms with Gasteiger partial charge in [0.15, 0.2) is 0 Å². The SMILES string of the molecule is O=C(O)[C@@]1(NS(=O)(=O)c2ccc(-c3ccc(Cl)cc3)cc2)C[C@H]1c1cccc(NCc2ccccc2)c1. The van der Waals surface area contributed by atoms with E-state index in [0.717, 1.165) is 27.9 Å². The lowest BCUT2D eigenvalue weighted by Crippen LogP contribution is -2.44. The summed E-state index contributed by atoms with van der Waals surface area (Å²) in [6, 6.07) is 31.0. The summed E-state index contributed by atoms with van der Waals surface area (Å²) in [5, 5.41) is 14.0. The van der Waals surface area contributed by atoms with Crippen LogP contribution in [0.5, 0.6) is 0 Å². The fourth-order valence-electron chi connectivity index (χ4n) is 4.49. The van der Waals surface area contributed by atoms with Gasteiger partial charge in [0.1, 0.15) is 5.54 Å². The highest BCUT2D eigenvalue weighted by molar-refractivity contribution is 7.89. The van der Waals surface area contributed by atoms with E-state index in [2.05, 4.69) is 10.0 Å². The van der Waals surface area contributed by atoms with E-state index in [1.807, 2.05) is 66.7 Å². The van der Waals surface area contributed by atoms with Crippen LogP contribution in [0, 0.1) is 0 Å². The Kier molecular flexibility index (Phi) is 6.77. The number of carboxylic acid groups (broad SMARTS) is 1. The van der Waals surface area contributed by atoms with Crippen molar-refractivity contribution in [2.75, 3.05) is 5.32 Å². The normalized spacial score (nSPS) is 18.8. The Bertz CT molecular complexity index is 1520. The largest absolute Gasteiger partial charge is 0.480 e. The maximum Gasteiger partial charge on any atom is 0.325 e. The highest BCUT2D eigenvalue weighted by Gasteiger charge is 2.63. The average molecular weight is 533 g/mol. The highest BCUT2D eigenvalue weighted by Crippen LogP contribution is 2.52. The van der Waals surface area contributed by atoms with E-state index in [1.165, 1.54) is 12.1 Å². The second kappa shape index (κ2) is 10.0. The fraction of sp³-hybridized carbons (Fsp3) is 0.138. The molecule has 0 heterocycles. The minimum Gasteiger partial charge on any atom is -0.480 e. The van der Waals surface area contributed by atoms with Crippen LogP contribution < -0.4 is 10.0 Å². The van der Waals surface area contributed by atoms with E-state index < -0.39 is 27.4 Å². The summed E-state index contributed by atoms with van der Waals surface area (Å²) >= 11 is 5.94. The van der Waals surface area contributed by atoms with Crippen LogP contribution in [-0.4, -0.2) is 25.0 Å². The molecule has 1 aliphatic carbocycles. The standard InChI is InChI=1S/C29H25ClN2O4S/c30-24-13-9-21(10-14-24)22-11-15-26(16-12-22)37(35,36)32-29(28(33)34)18-27(29)23-7-4-8-25(17-23)31-19-20-5-2-1-3-6-20/h1-17,27,31-32H,18-19H2,(H,33,34)/t27-,29+/m0/s1. The van der Waals surface area contributed by atoms with Crippen LogP contribution in [0.2, 0.25) is 5.02 Å². The van der Waals surface area contributed by atoms with Crippen molar-refractivity contribution in [2.45, 2.75) is 29.3 Å². The van der Waals surface area contributed by atoms with Gasteiger partial charge < -0.3 is 10.4 Å². The Morgan fingerprint density at radius 2 is 1.54 bits per heavy atom. The van der Waals surface area contributed by atoms with Crippen molar-refractivity contribution >= 4 is 33.3 Å². The number of aliphatic carboxylic acids is 1. The maximum absolute atomic E-state index is 13.2. The van der Waals surface area contributed by atoms with Crippen LogP contribution >= 0.6 is 11.6 Å². The molecule has 0 unspecified atom stereocenters. The second-order valence-electron chi connectivity index (χ2n) is 9.13. The molecule has 4 aromatic carbocycles. The van der Waals surface area contributed by atoms with Gasteiger partial charge >= 0.3 is 5.97 Å². The summed E-state index contributed by atoms with van der Waals surface area (Å²) in [7, 11) is -4.07. The zero-order valence-corrected chi connectivity index (χ0v) is 21.3. The minimum atomic E-state index is -4.07. The predicted octanol–water partition coefficient (Wildman–Crippen LogP) is 5.91. The van der Waals surface area contributed by atoms with Gasteiger partial charge in [0.05, 0.1) is 4.90 Å². The van der Waals surface area contributed by atoms with Gasteiger partial charge in [0.25, 0.3) is 0 Å². The first-order valence-electron chi connectivity index (χ1n) is 11.8. The molecule has 6 nitrogen and oxygen atoms in total. The van der Waals surface area contributed by atoms with Gasteiger partial charge in [0, 0.05) is 23.2 Å². The smallest absolute Gasteiger partial charge is 0.325 e. The van der Waals surface area contributed by atoms with Crippen LogP contribution in [0.15, 0.2) is 108 Å². The number of halogens is 1. The molecular formula is C29H25ClN2O4S. The molecule has 0 amide bonds. The Morgan fingerprint density at radius 3 is 2.19 bits per heavy atom. The van der Waals surface area contributed by atoms with Gasteiger partial charge in [-0.25, -0.2) is 8.42 Å². The van der Waals surface area contributed by atoms with E-state index in [9.17, 15) is 18.3 Å². The Balaban J connectivity index is 1.32. The van der Waals surface area contributed by atoms with Crippen molar-refractivity contribution in [3.05, 3.63) is 119 Å². The third kappa shape index (κ3) is 5.39. The van der Waals surface area contributed by atoms with E-state index in [1.54, 1.807) is 24.3 Å². The first-order chi connectivity index (χ1) is 17.8. The number of nitrogens with one attached hydrogen (secondary N) is 2. The molecule has 3 N–H and O–H groups in total. The van der Waals surface area contributed by atoms with Crippen LogP contribution in [0.4, 0.5) is 5.69 Å². The van der Waals surface area contributed by atoms with Gasteiger partial charge in [-0.3, -0.25) is 4.79 Å². The molecule has 1 fully saturated rings. The number of hydrogen-bond donors (Lipinski definition) is 3. The highest BCUT2D eigenvalue weighted by atomic mass is 35.5. The summed E-state index contributed by atoms with van der Waals surface area (Å²) < 4.78 is 28.9. The molecule has 8 heteroatoms. The number of carbonyl (C=O) groups is 1. The molecule has 0 radical (unpaired) electrons. The zero-order valence-electron chi connectivity index (χ0n) is 19.8. The molecule has 0 spiro atoms. The fourth-order valence-corrected chi connectivity index (χ4v) is 6.02. The van der Waals surface area contributed by atoms with Gasteiger partial charge in [-0.1, -0.05) is 78.3 Å². The number of rotatable bonds is 9. The molecule has 0 aromatic heterocycles. The number of carboxylic acids is 1. The average Bonchev–Trinajstić information content (AvgIpc) is 3.64. The Morgan fingerprint density at radius 1 is 0.892 bits per heavy atom. The van der Waals surface area contributed by atoms with Crippen molar-refractivity contribution < 1.29 is 18.3 Å². The lowest BCUT2D eigenvalue weighted by molar-refractivity contribution is -0.140. The molecule has 0 saturated heterocycles. The number of benzene rings is 4. The number of hydrogen-bond acceptors (Lipinski definition) is 4. The van der Waals surface area contributed by atoms with E-state index in [-0.39, 0.29) is 11.3 Å². The summed E-state index contributed by atoms with van der Waals surface area (Å²) in [6.07, 6.45) is 0.173. The summed E-state index contributed by atoms with van der Waals surface area (Å²) in [5.41, 5.74) is 2.86. The monoisotopic (exact) mass is 532 g/mol. The van der Waals surface area contributed by atoms with Crippen LogP contribution in [0.25, 0.3) is 11.1 Å². The minimum absolute atomic E-state index is 0.00904. The maximum atomic E-state index is 13.2. The van der Waals surface area contributed by atoms with Crippen molar-refractivity contribution in [3.63, 3.8) is 0 Å². The Labute approximate surface area is 221 Å². The van der Waals surface area contributed by atoms with Crippen LogP contribution in [0.1, 0.15) is 23.5 Å². The van der Waals surface area contributed by atoms with E-state index in [4.69, 9.17) is 11.6 Å². The van der Waals surface area contributed by atoms with Gasteiger partial charge in [-0.05, 0) is 65.1 Å². The van der Waals surface area contributed by atoms with Gasteiger partial charge in [-0.2, -0.15) is 4.72 Å². The van der Waals surface area contributed by atoms with Crippen LogP contribution in [-0.2, 0) is 21.4 Å². The molecule has 0 aliphatic heterocycles. The Hall–Kier alpha value is -3.65. The molecule has 2 atom stereocenters. The quantitative estimate of drug-likeness (QED) is 0.249. The molecule has 5 rings (SSSR count). The predicted molar refractivity (Wildman–Crippen MR) is 145 cm³/mol. The first-order valence-corrected chi connectivity index (χ1v) is 13.6. The molecule has 37 heavy (non-hydrogen) atoms. The molecule has 4 aromatic rings. The lowest BCUT2D eigenvalue weighted by Gasteiger charge is -2.16. The third-order valence-corrected chi connectivity index (χ3v) is 8.41. The van der Waals surface area contributed by atoms with Gasteiger partial charge in [-0.15, -0.1) is 0 Å². The molecule has 1 aliphatic rings. The van der Waals surface area contributed by atoms with Crippen molar-refractivity contribution in [1.29, 1.82) is 0 Å². The van der Waals surface area contributed by atoms with Crippen LogP contribution in [0.3, 0.4) is 0 Å². The summed E-state index contributed by atoms with van der Waals surface area (Å²) in [5.74, 6) is -1.67. The first kappa shape index (κ1) is 25.0. The molecular weight excluding hydrogens is 508 g/mol. The van der Waals surface area contributed by atoms with E-state index in [0.29, 0.717) is 11.6 Å². The van der Waals surface area contributed by atoms with Crippen molar-refractivity contribution in [2.24, 2.45) is 0 Å². The number of sulfonamides is 1. The third-order valence-electron chi connectivity index (χ3n) is 6.63. The summed E-state index contributed by atoms with van der Waals surface area (Å²) in [6.45, 7) is 0.623. The molecule has 188 valence electrons. The number of anilines is 1. The van der Waals surface area contributed by atoms with E-state index >= 15 is 0 Å². The van der Waals surface area contributed by atoms with Crippen molar-refractivity contribution in [1.82, 2.24) is 4.72 Å².